The molecular weight excluding hydrogens is 402 g/mol. The quantitative estimate of drug-likeness (QED) is 0.278. The molecule has 2 aromatic heterocycles. The summed E-state index contributed by atoms with van der Waals surface area (Å²) in [5, 5.41) is 2.33. The number of benzene rings is 3. The summed E-state index contributed by atoms with van der Waals surface area (Å²) in [6, 6.07) is 19.8. The van der Waals surface area contributed by atoms with Crippen molar-refractivity contribution in [3.05, 3.63) is 88.6 Å². The van der Waals surface area contributed by atoms with E-state index in [9.17, 15) is 0 Å². The number of furan rings is 1. The van der Waals surface area contributed by atoms with Gasteiger partial charge in [-0.2, -0.15) is 0 Å². The van der Waals surface area contributed by atoms with Crippen LogP contribution in [0.15, 0.2) is 65.2 Å². The molecule has 0 N–H and O–H groups in total. The van der Waals surface area contributed by atoms with Crippen LogP contribution < -0.4 is 0 Å². The van der Waals surface area contributed by atoms with Crippen molar-refractivity contribution in [1.82, 2.24) is 4.98 Å². The smallest absolute Gasteiger partial charge is 0.145 e. The number of pyridine rings is 1. The van der Waals surface area contributed by atoms with E-state index in [2.05, 4.69) is 103 Å². The van der Waals surface area contributed by atoms with Crippen LogP contribution in [0.5, 0.6) is 0 Å². The highest BCUT2D eigenvalue weighted by atomic mass is 16.3. The topological polar surface area (TPSA) is 26.0 Å². The molecule has 0 radical (unpaired) electrons. The molecule has 166 valence electrons. The molecule has 0 unspecified atom stereocenters. The summed E-state index contributed by atoms with van der Waals surface area (Å²) in [5.74, 6) is 0. The summed E-state index contributed by atoms with van der Waals surface area (Å²) in [7, 11) is 0. The Hall–Kier alpha value is -3.39. The molecule has 33 heavy (non-hydrogen) atoms. The van der Waals surface area contributed by atoms with E-state index in [4.69, 9.17) is 9.40 Å². The van der Waals surface area contributed by atoms with Crippen LogP contribution in [0.4, 0.5) is 0 Å². The van der Waals surface area contributed by atoms with Crippen molar-refractivity contribution in [3.63, 3.8) is 0 Å². The first-order chi connectivity index (χ1) is 15.6. The van der Waals surface area contributed by atoms with E-state index in [0.29, 0.717) is 0 Å². The molecule has 5 rings (SSSR count). The Kier molecular flexibility index (Phi) is 4.93. The predicted molar refractivity (Wildman–Crippen MR) is 140 cm³/mol. The van der Waals surface area contributed by atoms with Gasteiger partial charge in [0.1, 0.15) is 11.2 Å². The highest BCUT2D eigenvalue weighted by Crippen LogP contribution is 2.40. The maximum atomic E-state index is 6.57. The van der Waals surface area contributed by atoms with Gasteiger partial charge in [0.05, 0.1) is 5.69 Å². The first kappa shape index (κ1) is 21.5. The van der Waals surface area contributed by atoms with Crippen LogP contribution in [-0.4, -0.2) is 4.98 Å². The minimum absolute atomic E-state index is 0.0635. The second-order valence-electron chi connectivity index (χ2n) is 10.4. The van der Waals surface area contributed by atoms with Crippen LogP contribution in [-0.2, 0) is 5.41 Å². The Labute approximate surface area is 196 Å². The van der Waals surface area contributed by atoms with Gasteiger partial charge in [-0.1, -0.05) is 50.6 Å². The monoisotopic (exact) mass is 433 g/mol. The van der Waals surface area contributed by atoms with Gasteiger partial charge in [0.2, 0.25) is 0 Å². The van der Waals surface area contributed by atoms with Crippen LogP contribution in [0.3, 0.4) is 0 Å². The molecule has 2 heteroatoms. The van der Waals surface area contributed by atoms with Crippen molar-refractivity contribution in [2.24, 2.45) is 0 Å². The van der Waals surface area contributed by atoms with Gasteiger partial charge in [-0.15, -0.1) is 0 Å². The van der Waals surface area contributed by atoms with Gasteiger partial charge in [-0.25, -0.2) is 0 Å². The molecule has 2 heterocycles. The van der Waals surface area contributed by atoms with Gasteiger partial charge < -0.3 is 4.42 Å². The number of rotatable bonds is 2. The average molecular weight is 434 g/mol. The largest absolute Gasteiger partial charge is 0.455 e. The lowest BCUT2D eigenvalue weighted by Crippen LogP contribution is -2.11. The third kappa shape index (κ3) is 3.64. The number of hydrogen-bond donors (Lipinski definition) is 0. The van der Waals surface area contributed by atoms with E-state index in [-0.39, 0.29) is 5.41 Å². The van der Waals surface area contributed by atoms with E-state index < -0.39 is 0 Å². The lowest BCUT2D eigenvalue weighted by Gasteiger charge is -2.19. The zero-order valence-electron chi connectivity index (χ0n) is 20.6. The molecule has 0 aliphatic rings. The molecule has 0 atom stereocenters. The predicted octanol–water partition coefficient (Wildman–Crippen LogP) is 8.85. The zero-order chi connectivity index (χ0) is 23.5. The molecular formula is C31H31NO. The number of hydrogen-bond acceptors (Lipinski definition) is 2. The van der Waals surface area contributed by atoms with E-state index >= 15 is 0 Å². The third-order valence-electron chi connectivity index (χ3n) is 6.70. The fourth-order valence-electron chi connectivity index (χ4n) is 5.08. The minimum Gasteiger partial charge on any atom is -0.455 e. The Balaban J connectivity index is 1.74. The molecule has 5 aromatic rings. The molecule has 0 spiro atoms. The fourth-order valence-corrected chi connectivity index (χ4v) is 5.08. The Morgan fingerprint density at radius 3 is 2.18 bits per heavy atom. The molecule has 0 aliphatic carbocycles. The van der Waals surface area contributed by atoms with Gasteiger partial charge in [0.25, 0.3) is 0 Å². The van der Waals surface area contributed by atoms with Crippen LogP contribution in [0.2, 0.25) is 0 Å². The Bertz CT molecular complexity index is 1510. The number of nitrogens with zero attached hydrogens (tertiary/aromatic N) is 1. The zero-order valence-corrected chi connectivity index (χ0v) is 20.6. The van der Waals surface area contributed by atoms with E-state index in [1.54, 1.807) is 0 Å². The van der Waals surface area contributed by atoms with Crippen molar-refractivity contribution in [2.75, 3.05) is 0 Å². The minimum atomic E-state index is 0.0635. The third-order valence-corrected chi connectivity index (χ3v) is 6.70. The number of aryl methyl sites for hydroxylation is 4. The van der Waals surface area contributed by atoms with Crippen molar-refractivity contribution in [3.8, 4) is 22.4 Å². The van der Waals surface area contributed by atoms with E-state index in [1.807, 2.05) is 6.20 Å². The number of fused-ring (bicyclic) bond motifs is 3. The van der Waals surface area contributed by atoms with Crippen LogP contribution in [0.1, 0.15) is 48.6 Å². The molecule has 3 aromatic carbocycles. The van der Waals surface area contributed by atoms with Gasteiger partial charge in [0.15, 0.2) is 0 Å². The van der Waals surface area contributed by atoms with Gasteiger partial charge >= 0.3 is 0 Å². The van der Waals surface area contributed by atoms with Crippen LogP contribution >= 0.6 is 0 Å². The van der Waals surface area contributed by atoms with Crippen molar-refractivity contribution >= 4 is 21.9 Å². The standard InChI is InChI=1S/C31H31NO/c1-18-14-20(3)28(21(4)15-18)22-9-11-25-27(16-22)33-30-24(10-8-19(2)29(25)30)26-17-23(12-13-32-26)31(5,6)7/h8-17H,1-7H3. The summed E-state index contributed by atoms with van der Waals surface area (Å²) in [6.07, 6.45) is 1.91. The molecule has 2 nitrogen and oxygen atoms in total. The van der Waals surface area contributed by atoms with Gasteiger partial charge in [0, 0.05) is 22.5 Å². The summed E-state index contributed by atoms with van der Waals surface area (Å²) in [5.41, 5.74) is 12.8. The lowest BCUT2D eigenvalue weighted by molar-refractivity contribution is 0.589. The highest BCUT2D eigenvalue weighted by molar-refractivity contribution is 6.11. The Morgan fingerprint density at radius 2 is 1.48 bits per heavy atom. The van der Waals surface area contributed by atoms with Gasteiger partial charge in [-0.05, 0) is 96.8 Å². The van der Waals surface area contributed by atoms with Crippen LogP contribution in [0, 0.1) is 27.7 Å². The summed E-state index contributed by atoms with van der Waals surface area (Å²) in [6.45, 7) is 15.4. The first-order valence-corrected chi connectivity index (χ1v) is 11.6. The lowest BCUT2D eigenvalue weighted by atomic mass is 9.87. The fraction of sp³-hybridized carbons (Fsp3) is 0.258. The molecule has 0 aliphatic heterocycles. The van der Waals surface area contributed by atoms with Crippen molar-refractivity contribution < 1.29 is 4.42 Å². The number of aromatic nitrogens is 1. The van der Waals surface area contributed by atoms with E-state index in [0.717, 1.165) is 27.8 Å². The maximum Gasteiger partial charge on any atom is 0.145 e. The second-order valence-corrected chi connectivity index (χ2v) is 10.4. The van der Waals surface area contributed by atoms with Crippen molar-refractivity contribution in [2.45, 2.75) is 53.9 Å². The molecule has 0 fully saturated rings. The van der Waals surface area contributed by atoms with Crippen molar-refractivity contribution in [1.29, 1.82) is 0 Å². The SMILES string of the molecule is Cc1cc(C)c(-c2ccc3c(c2)oc2c(-c4cc(C(C)(C)C)ccn4)ccc(C)c23)c(C)c1. The molecule has 0 saturated carbocycles. The first-order valence-electron chi connectivity index (χ1n) is 11.6. The second kappa shape index (κ2) is 7.59. The maximum absolute atomic E-state index is 6.57. The van der Waals surface area contributed by atoms with E-state index in [1.165, 1.54) is 44.3 Å². The normalized spacial score (nSPS) is 12.1. The molecule has 0 amide bonds. The Morgan fingerprint density at radius 1 is 0.758 bits per heavy atom. The summed E-state index contributed by atoms with van der Waals surface area (Å²) in [4.78, 5) is 4.71. The summed E-state index contributed by atoms with van der Waals surface area (Å²) < 4.78 is 6.57. The average Bonchev–Trinajstić information content (AvgIpc) is 3.12. The van der Waals surface area contributed by atoms with Crippen LogP contribution in [0.25, 0.3) is 44.3 Å². The molecule has 0 bridgehead atoms. The molecule has 0 saturated heterocycles. The van der Waals surface area contributed by atoms with Gasteiger partial charge in [-0.3, -0.25) is 4.98 Å². The highest BCUT2D eigenvalue weighted by Gasteiger charge is 2.19. The summed E-state index contributed by atoms with van der Waals surface area (Å²) >= 11 is 0.